The van der Waals surface area contributed by atoms with Gasteiger partial charge < -0.3 is 9.47 Å². The summed E-state index contributed by atoms with van der Waals surface area (Å²) in [4.78, 5) is 13.0. The predicted octanol–water partition coefficient (Wildman–Crippen LogP) is 6.26. The van der Waals surface area contributed by atoms with Crippen LogP contribution in [-0.4, -0.2) is 18.1 Å². The highest BCUT2D eigenvalue weighted by Crippen LogP contribution is 2.21. The molecule has 1 N–H and O–H groups in total. The Balaban J connectivity index is 1.80. The van der Waals surface area contributed by atoms with E-state index in [2.05, 4.69) is 19.3 Å². The highest BCUT2D eigenvalue weighted by atomic mass is 16.5. The summed E-state index contributed by atoms with van der Waals surface area (Å²) in [5.74, 6) is 1.60. The molecule has 0 aromatic heterocycles. The number of nitrogens with one attached hydrogen (secondary N) is 1. The maximum Gasteiger partial charge on any atom is 0.292 e. The minimum Gasteiger partial charge on any atom is -0.494 e. The Hall–Kier alpha value is -2.56. The van der Waals surface area contributed by atoms with E-state index in [1.54, 1.807) is 12.1 Å². The molecule has 0 saturated heterocycles. The summed E-state index contributed by atoms with van der Waals surface area (Å²) < 4.78 is 11.3. The molecule has 0 fully saturated rings. The van der Waals surface area contributed by atoms with Crippen LogP contribution >= 0.6 is 0 Å². The second-order valence-corrected chi connectivity index (χ2v) is 6.54. The van der Waals surface area contributed by atoms with Crippen molar-refractivity contribution < 1.29 is 14.3 Å². The molecule has 5 heteroatoms. The highest BCUT2D eigenvalue weighted by molar-refractivity contribution is 5.45. The van der Waals surface area contributed by atoms with Gasteiger partial charge in [-0.3, -0.25) is 0 Å². The number of unbranched alkanes of at least 4 members (excludes halogenated alkanes) is 4. The summed E-state index contributed by atoms with van der Waals surface area (Å²) in [5, 5.41) is 0. The fourth-order valence-electron chi connectivity index (χ4n) is 2.57. The summed E-state index contributed by atoms with van der Waals surface area (Å²) in [6, 6.07) is 14.6. The zero-order valence-electron chi connectivity index (χ0n) is 16.4. The number of anilines is 1. The van der Waals surface area contributed by atoms with Crippen LogP contribution in [0.3, 0.4) is 0 Å². The van der Waals surface area contributed by atoms with Gasteiger partial charge in [-0.1, -0.05) is 39.5 Å². The number of nitroso groups, excluding NO2 is 1. The van der Waals surface area contributed by atoms with Crippen LogP contribution in [0.15, 0.2) is 48.5 Å². The Bertz CT molecular complexity index is 669. The van der Waals surface area contributed by atoms with Gasteiger partial charge in [-0.2, -0.15) is 0 Å². The van der Waals surface area contributed by atoms with Crippen LogP contribution < -0.4 is 14.9 Å². The molecule has 0 atom stereocenters. The van der Waals surface area contributed by atoms with Crippen LogP contribution in [0, 0.1) is 4.91 Å². The van der Waals surface area contributed by atoms with Crippen molar-refractivity contribution in [1.82, 2.24) is 0 Å². The van der Waals surface area contributed by atoms with E-state index in [0.717, 1.165) is 35.8 Å². The smallest absolute Gasteiger partial charge is 0.292 e. The third-order valence-electron chi connectivity index (χ3n) is 4.19. The highest BCUT2D eigenvalue weighted by Gasteiger charge is 2.14. The zero-order chi connectivity index (χ0) is 19.3. The van der Waals surface area contributed by atoms with Gasteiger partial charge in [0.05, 0.1) is 18.1 Å². The second-order valence-electron chi connectivity index (χ2n) is 6.54. The van der Waals surface area contributed by atoms with E-state index in [4.69, 9.17) is 9.47 Å². The molecule has 0 aliphatic rings. The molecule has 0 saturated carbocycles. The zero-order valence-corrected chi connectivity index (χ0v) is 16.4. The van der Waals surface area contributed by atoms with Crippen LogP contribution in [0.1, 0.15) is 52.4 Å². The van der Waals surface area contributed by atoms with E-state index in [0.29, 0.717) is 18.0 Å². The van der Waals surface area contributed by atoms with E-state index >= 15 is 0 Å². The maximum absolute atomic E-state index is 12.3. The summed E-state index contributed by atoms with van der Waals surface area (Å²) >= 11 is 0. The Morgan fingerprint density at radius 2 is 1.22 bits per heavy atom. The summed E-state index contributed by atoms with van der Waals surface area (Å²) in [6.07, 6.45) is 6.80. The number of hydrogen-bond donors (Lipinski definition) is 1. The lowest BCUT2D eigenvalue weighted by atomic mass is 10.2. The van der Waals surface area contributed by atoms with Gasteiger partial charge >= 0.3 is 0 Å². The Kier molecular flexibility index (Phi) is 9.18. The Morgan fingerprint density at radius 1 is 0.741 bits per heavy atom. The second kappa shape index (κ2) is 11.9. The van der Waals surface area contributed by atoms with Crippen LogP contribution in [0.5, 0.6) is 11.5 Å². The van der Waals surface area contributed by atoms with Crippen LogP contribution in [0.25, 0.3) is 0 Å². The number of benzene rings is 2. The van der Waals surface area contributed by atoms with Gasteiger partial charge in [0, 0.05) is 12.1 Å². The average Bonchev–Trinajstić information content (AvgIpc) is 2.70. The third kappa shape index (κ3) is 7.69. The first-order valence-electron chi connectivity index (χ1n) is 9.92. The molecule has 27 heavy (non-hydrogen) atoms. The number of rotatable bonds is 13. The number of hydrazine groups is 1. The number of ether oxygens (including phenoxy) is 2. The first-order valence-corrected chi connectivity index (χ1v) is 9.92. The molecule has 0 spiro atoms. The van der Waals surface area contributed by atoms with E-state index in [1.165, 1.54) is 25.7 Å². The van der Waals surface area contributed by atoms with Gasteiger partial charge in [0.1, 0.15) is 17.2 Å². The lowest BCUT2D eigenvalue weighted by Gasteiger charge is -2.06. The van der Waals surface area contributed by atoms with Gasteiger partial charge in [0.25, 0.3) is 5.69 Å². The monoisotopic (exact) mass is 371 g/mol. The molecule has 2 aromatic carbocycles. The van der Waals surface area contributed by atoms with Crippen molar-refractivity contribution in [2.75, 3.05) is 18.6 Å². The van der Waals surface area contributed by atoms with E-state index in [1.807, 2.05) is 36.4 Å². The molecule has 146 valence electrons. The molecular formula is C22H31N2O3+. The fourth-order valence-corrected chi connectivity index (χ4v) is 2.57. The minimum atomic E-state index is 0.524. The Labute approximate surface area is 162 Å². The van der Waals surface area contributed by atoms with E-state index in [9.17, 15) is 4.91 Å². The molecule has 0 heterocycles. The topological polar surface area (TPSA) is 50.6 Å². The molecule has 2 aromatic rings. The summed E-state index contributed by atoms with van der Waals surface area (Å²) in [6.45, 7) is 5.77. The lowest BCUT2D eigenvalue weighted by molar-refractivity contribution is -0.427. The van der Waals surface area contributed by atoms with Gasteiger partial charge in [-0.25, -0.2) is 0 Å². The third-order valence-corrected chi connectivity index (χ3v) is 4.19. The lowest BCUT2D eigenvalue weighted by Crippen LogP contribution is -2.10. The SMILES string of the molecule is CCCCCOc1ccc(N[N+](=O)c2ccc(OCCCCC)cc2)cc1. The summed E-state index contributed by atoms with van der Waals surface area (Å²) in [5.41, 5.74) is 4.06. The van der Waals surface area contributed by atoms with Crippen molar-refractivity contribution in [3.05, 3.63) is 53.4 Å². The molecule has 0 radical (unpaired) electrons. The normalized spacial score (nSPS) is 10.4. The van der Waals surface area contributed by atoms with Gasteiger partial charge in [-0.15, -0.1) is 5.43 Å². The minimum absolute atomic E-state index is 0.524. The van der Waals surface area contributed by atoms with Crippen molar-refractivity contribution in [2.45, 2.75) is 52.4 Å². The fraction of sp³-hybridized carbons (Fsp3) is 0.455. The first kappa shape index (κ1) is 20.7. The first-order chi connectivity index (χ1) is 13.2. The summed E-state index contributed by atoms with van der Waals surface area (Å²) in [7, 11) is 0. The standard InChI is InChI=1S/C22H31N2O3/c1-3-5-7-17-26-21-13-9-19(10-14-21)23-24(25)20-11-15-22(16-12-20)27-18-8-6-4-2/h9-16H,3-8,17-18H2,1-2H3,(H,23,25)/q+1. The van der Waals surface area contributed by atoms with E-state index < -0.39 is 0 Å². The molecular weight excluding hydrogens is 340 g/mol. The van der Waals surface area contributed by atoms with Crippen LogP contribution in [-0.2, 0) is 0 Å². The molecule has 0 aliphatic heterocycles. The number of nitrogens with zero attached hydrogens (tertiary/aromatic N) is 1. The largest absolute Gasteiger partial charge is 0.494 e. The van der Waals surface area contributed by atoms with Crippen molar-refractivity contribution in [3.63, 3.8) is 0 Å². The molecule has 0 aliphatic carbocycles. The number of hydrogen-bond acceptors (Lipinski definition) is 3. The molecule has 0 unspecified atom stereocenters. The quantitative estimate of drug-likeness (QED) is 0.256. The molecule has 0 bridgehead atoms. The van der Waals surface area contributed by atoms with E-state index in [-0.39, 0.29) is 0 Å². The van der Waals surface area contributed by atoms with Gasteiger partial charge in [-0.05, 0) is 49.2 Å². The predicted molar refractivity (Wildman–Crippen MR) is 110 cm³/mol. The van der Waals surface area contributed by atoms with Crippen molar-refractivity contribution >= 4 is 11.4 Å². The van der Waals surface area contributed by atoms with Crippen molar-refractivity contribution in [3.8, 4) is 11.5 Å². The van der Waals surface area contributed by atoms with Gasteiger partial charge in [0.2, 0.25) is 0 Å². The Morgan fingerprint density at radius 3 is 1.70 bits per heavy atom. The molecule has 2 rings (SSSR count). The molecule has 5 nitrogen and oxygen atoms in total. The van der Waals surface area contributed by atoms with Crippen LogP contribution in [0.2, 0.25) is 0 Å². The molecule has 0 amide bonds. The van der Waals surface area contributed by atoms with Crippen molar-refractivity contribution in [2.24, 2.45) is 0 Å². The average molecular weight is 372 g/mol. The van der Waals surface area contributed by atoms with Crippen molar-refractivity contribution in [1.29, 1.82) is 0 Å². The van der Waals surface area contributed by atoms with Crippen LogP contribution in [0.4, 0.5) is 11.4 Å². The van der Waals surface area contributed by atoms with Gasteiger partial charge in [0.15, 0.2) is 4.87 Å². The maximum atomic E-state index is 12.3.